The Hall–Kier alpha value is -2.85. The molecule has 0 saturated heterocycles. The number of ether oxygens (including phenoxy) is 3. The molecule has 0 amide bonds. The lowest BCUT2D eigenvalue weighted by Gasteiger charge is -2.14. The van der Waals surface area contributed by atoms with E-state index >= 15 is 0 Å². The molecule has 2 aromatic carbocycles. The second-order valence-electron chi connectivity index (χ2n) is 5.08. The molecule has 0 bridgehead atoms. The summed E-state index contributed by atoms with van der Waals surface area (Å²) in [6.45, 7) is -0.120. The Bertz CT molecular complexity index is 888. The minimum Gasteiger partial charge on any atom is -0.493 e. The molecule has 140 valence electrons. The van der Waals surface area contributed by atoms with Gasteiger partial charge in [-0.1, -0.05) is 12.1 Å². The topological polar surface area (TPSA) is 117 Å². The summed E-state index contributed by atoms with van der Waals surface area (Å²) < 4.78 is 42.9. The molecular formula is C16H18N2O7S. The highest BCUT2D eigenvalue weighted by molar-refractivity contribution is 7.89. The highest BCUT2D eigenvalue weighted by Gasteiger charge is 2.25. The zero-order chi connectivity index (χ0) is 19.3. The van der Waals surface area contributed by atoms with Gasteiger partial charge < -0.3 is 14.2 Å². The van der Waals surface area contributed by atoms with E-state index in [-0.39, 0.29) is 6.54 Å². The maximum absolute atomic E-state index is 12.5. The van der Waals surface area contributed by atoms with Crippen LogP contribution < -0.4 is 18.9 Å². The third kappa shape index (κ3) is 4.03. The quantitative estimate of drug-likeness (QED) is 0.549. The number of hydrogen-bond acceptors (Lipinski definition) is 7. The molecule has 0 aliphatic rings. The van der Waals surface area contributed by atoms with E-state index in [1.54, 1.807) is 12.1 Å². The van der Waals surface area contributed by atoms with Crippen molar-refractivity contribution in [1.29, 1.82) is 0 Å². The molecule has 0 heterocycles. The van der Waals surface area contributed by atoms with E-state index in [4.69, 9.17) is 14.2 Å². The minimum absolute atomic E-state index is 0.120. The number of nitrogens with zero attached hydrogens (tertiary/aromatic N) is 1. The van der Waals surface area contributed by atoms with E-state index in [2.05, 4.69) is 4.72 Å². The van der Waals surface area contributed by atoms with Gasteiger partial charge in [0.25, 0.3) is 5.69 Å². The van der Waals surface area contributed by atoms with E-state index in [1.807, 2.05) is 0 Å². The van der Waals surface area contributed by atoms with E-state index in [0.717, 1.165) is 6.07 Å². The summed E-state index contributed by atoms with van der Waals surface area (Å²) in [7, 11) is 0.248. The lowest BCUT2D eigenvalue weighted by atomic mass is 10.2. The Morgan fingerprint density at radius 2 is 1.62 bits per heavy atom. The van der Waals surface area contributed by atoms with Gasteiger partial charge in [0.15, 0.2) is 16.4 Å². The number of nitro groups is 1. The number of benzene rings is 2. The van der Waals surface area contributed by atoms with Gasteiger partial charge in [-0.05, 0) is 23.8 Å². The number of rotatable bonds is 8. The summed E-state index contributed by atoms with van der Waals surface area (Å²) in [5.74, 6) is 1.11. The molecule has 0 saturated carbocycles. The molecule has 0 aromatic heterocycles. The van der Waals surface area contributed by atoms with Crippen LogP contribution in [0.4, 0.5) is 5.69 Å². The SMILES string of the molecule is COc1cc(CNS(=O)(=O)c2ccccc2[N+](=O)[O-])cc(OC)c1OC. The molecule has 10 heteroatoms. The van der Waals surface area contributed by atoms with Gasteiger partial charge in [0.05, 0.1) is 26.3 Å². The Kier molecular flexibility index (Phi) is 6.01. The van der Waals surface area contributed by atoms with Gasteiger partial charge >= 0.3 is 0 Å². The predicted molar refractivity (Wildman–Crippen MR) is 93.2 cm³/mol. The van der Waals surface area contributed by atoms with Crippen molar-refractivity contribution in [3.05, 3.63) is 52.1 Å². The van der Waals surface area contributed by atoms with Gasteiger partial charge in [0.2, 0.25) is 15.8 Å². The molecule has 0 spiro atoms. The maximum Gasteiger partial charge on any atom is 0.289 e. The monoisotopic (exact) mass is 382 g/mol. The van der Waals surface area contributed by atoms with Crippen molar-refractivity contribution in [3.63, 3.8) is 0 Å². The normalized spacial score (nSPS) is 11.0. The molecule has 9 nitrogen and oxygen atoms in total. The largest absolute Gasteiger partial charge is 0.493 e. The number of nitro benzene ring substituents is 1. The van der Waals surface area contributed by atoms with Crippen LogP contribution in [0.5, 0.6) is 17.2 Å². The van der Waals surface area contributed by atoms with Crippen molar-refractivity contribution >= 4 is 15.7 Å². The van der Waals surface area contributed by atoms with Crippen LogP contribution in [0, 0.1) is 10.1 Å². The van der Waals surface area contributed by atoms with Crippen molar-refractivity contribution < 1.29 is 27.6 Å². The summed E-state index contributed by atoms with van der Waals surface area (Å²) in [5, 5.41) is 11.0. The predicted octanol–water partition coefficient (Wildman–Crippen LogP) is 2.10. The molecule has 1 N–H and O–H groups in total. The maximum atomic E-state index is 12.5. The van der Waals surface area contributed by atoms with E-state index in [9.17, 15) is 18.5 Å². The van der Waals surface area contributed by atoms with E-state index < -0.39 is 25.5 Å². The first-order valence-corrected chi connectivity index (χ1v) is 8.84. The fourth-order valence-electron chi connectivity index (χ4n) is 2.33. The molecule has 0 aliphatic heterocycles. The number of nitrogens with one attached hydrogen (secondary N) is 1. The van der Waals surface area contributed by atoms with Crippen LogP contribution in [-0.4, -0.2) is 34.7 Å². The number of sulfonamides is 1. The molecule has 0 fully saturated rings. The Morgan fingerprint density at radius 3 is 2.12 bits per heavy atom. The first-order chi connectivity index (χ1) is 12.3. The molecule has 26 heavy (non-hydrogen) atoms. The van der Waals surface area contributed by atoms with Crippen LogP contribution in [0.25, 0.3) is 0 Å². The highest BCUT2D eigenvalue weighted by atomic mass is 32.2. The minimum atomic E-state index is -4.09. The van der Waals surface area contributed by atoms with Crippen LogP contribution in [0.2, 0.25) is 0 Å². The number of methoxy groups -OCH3 is 3. The fourth-order valence-corrected chi connectivity index (χ4v) is 3.52. The van der Waals surface area contributed by atoms with Gasteiger partial charge in [-0.25, -0.2) is 13.1 Å². The van der Waals surface area contributed by atoms with Gasteiger partial charge in [-0.3, -0.25) is 10.1 Å². The van der Waals surface area contributed by atoms with Crippen LogP contribution in [0.1, 0.15) is 5.56 Å². The lowest BCUT2D eigenvalue weighted by Crippen LogP contribution is -2.24. The molecule has 2 rings (SSSR count). The second-order valence-corrected chi connectivity index (χ2v) is 6.82. The zero-order valence-corrected chi connectivity index (χ0v) is 15.2. The summed E-state index contributed by atoms with van der Waals surface area (Å²) in [5.41, 5.74) is 0.0338. The third-order valence-electron chi connectivity index (χ3n) is 3.54. The zero-order valence-electron chi connectivity index (χ0n) is 14.4. The van der Waals surface area contributed by atoms with Crippen molar-refractivity contribution in [1.82, 2.24) is 4.72 Å². The van der Waals surface area contributed by atoms with E-state index in [1.165, 1.54) is 39.5 Å². The van der Waals surface area contributed by atoms with Crippen LogP contribution in [0.3, 0.4) is 0 Å². The van der Waals surface area contributed by atoms with Gasteiger partial charge in [0, 0.05) is 12.6 Å². The second kappa shape index (κ2) is 8.02. The Labute approximate surface area is 150 Å². The lowest BCUT2D eigenvalue weighted by molar-refractivity contribution is -0.387. The summed E-state index contributed by atoms with van der Waals surface area (Å²) >= 11 is 0. The average molecular weight is 382 g/mol. The van der Waals surface area contributed by atoms with Crippen LogP contribution >= 0.6 is 0 Å². The van der Waals surface area contributed by atoms with Crippen LogP contribution in [-0.2, 0) is 16.6 Å². The van der Waals surface area contributed by atoms with Crippen LogP contribution in [0.15, 0.2) is 41.3 Å². The first kappa shape index (κ1) is 19.5. The van der Waals surface area contributed by atoms with Gasteiger partial charge in [-0.2, -0.15) is 0 Å². The molecule has 0 atom stereocenters. The van der Waals surface area contributed by atoms with Gasteiger partial charge in [0.1, 0.15) is 0 Å². The first-order valence-electron chi connectivity index (χ1n) is 7.36. The Morgan fingerprint density at radius 1 is 1.04 bits per heavy atom. The molecular weight excluding hydrogens is 364 g/mol. The van der Waals surface area contributed by atoms with E-state index in [0.29, 0.717) is 22.8 Å². The standard InChI is InChI=1S/C16H18N2O7S/c1-23-13-8-11(9-14(24-2)16(13)25-3)10-17-26(21,22)15-7-5-4-6-12(15)18(19)20/h4-9,17H,10H2,1-3H3. The van der Waals surface area contributed by atoms with Crippen molar-refractivity contribution in [3.8, 4) is 17.2 Å². The summed E-state index contributed by atoms with van der Waals surface area (Å²) in [6, 6.07) is 8.30. The summed E-state index contributed by atoms with van der Waals surface area (Å²) in [4.78, 5) is 9.90. The van der Waals surface area contributed by atoms with Crippen molar-refractivity contribution in [2.75, 3.05) is 21.3 Å². The fraction of sp³-hybridized carbons (Fsp3) is 0.250. The van der Waals surface area contributed by atoms with Crippen molar-refractivity contribution in [2.45, 2.75) is 11.4 Å². The molecule has 0 unspecified atom stereocenters. The average Bonchev–Trinajstić information content (AvgIpc) is 2.65. The number of hydrogen-bond donors (Lipinski definition) is 1. The number of para-hydroxylation sites is 1. The molecule has 0 aliphatic carbocycles. The molecule has 2 aromatic rings. The highest BCUT2D eigenvalue weighted by Crippen LogP contribution is 2.38. The third-order valence-corrected chi connectivity index (χ3v) is 4.99. The molecule has 0 radical (unpaired) electrons. The smallest absolute Gasteiger partial charge is 0.289 e. The van der Waals surface area contributed by atoms with Crippen molar-refractivity contribution in [2.24, 2.45) is 0 Å². The summed E-state index contributed by atoms with van der Waals surface area (Å²) in [6.07, 6.45) is 0. The van der Waals surface area contributed by atoms with Gasteiger partial charge in [-0.15, -0.1) is 0 Å². The Balaban J connectivity index is 2.32.